The zero-order valence-electron chi connectivity index (χ0n) is 14.9. The van der Waals surface area contributed by atoms with E-state index in [1.165, 1.54) is 11.8 Å². The number of hydrogen-bond acceptors (Lipinski definition) is 7. The van der Waals surface area contributed by atoms with Crippen LogP contribution in [0.25, 0.3) is 11.5 Å². The molecular formula is C18H20N4O3S. The van der Waals surface area contributed by atoms with Crippen molar-refractivity contribution in [1.82, 2.24) is 19.7 Å². The maximum Gasteiger partial charge on any atom is 0.277 e. The van der Waals surface area contributed by atoms with Crippen LogP contribution in [0.5, 0.6) is 0 Å². The molecule has 26 heavy (non-hydrogen) atoms. The average Bonchev–Trinajstić information content (AvgIpc) is 3.24. The Hall–Kier alpha value is -2.45. The Morgan fingerprint density at radius 3 is 2.77 bits per heavy atom. The van der Waals surface area contributed by atoms with Gasteiger partial charge in [-0.2, -0.15) is 0 Å². The third kappa shape index (κ3) is 4.03. The van der Waals surface area contributed by atoms with Crippen molar-refractivity contribution in [2.45, 2.75) is 25.6 Å². The fourth-order valence-corrected chi connectivity index (χ4v) is 3.34. The monoisotopic (exact) mass is 372 g/mol. The van der Waals surface area contributed by atoms with Crippen LogP contribution in [0.1, 0.15) is 21.7 Å². The number of aromatic nitrogens is 4. The maximum atomic E-state index is 12.6. The maximum absolute atomic E-state index is 12.6. The number of hydrogen-bond donors (Lipinski definition) is 0. The first kappa shape index (κ1) is 18.3. The van der Waals surface area contributed by atoms with E-state index in [0.717, 1.165) is 29.1 Å². The van der Waals surface area contributed by atoms with Gasteiger partial charge in [0.05, 0.1) is 12.4 Å². The Kier molecular flexibility index (Phi) is 5.85. The summed E-state index contributed by atoms with van der Waals surface area (Å²) in [5.74, 6) is 0.697. The Morgan fingerprint density at radius 1 is 1.27 bits per heavy atom. The van der Waals surface area contributed by atoms with E-state index >= 15 is 0 Å². The quantitative estimate of drug-likeness (QED) is 0.443. The largest absolute Gasteiger partial charge is 0.411 e. The molecule has 0 atom stereocenters. The van der Waals surface area contributed by atoms with Crippen molar-refractivity contribution in [3.8, 4) is 11.5 Å². The van der Waals surface area contributed by atoms with E-state index in [9.17, 15) is 4.79 Å². The van der Waals surface area contributed by atoms with Crippen LogP contribution in [0, 0.1) is 13.8 Å². The Bertz CT molecular complexity index is 889. The van der Waals surface area contributed by atoms with Gasteiger partial charge in [-0.15, -0.1) is 10.2 Å². The van der Waals surface area contributed by atoms with Gasteiger partial charge in [-0.1, -0.05) is 11.8 Å². The minimum Gasteiger partial charge on any atom is -0.411 e. The van der Waals surface area contributed by atoms with Crippen LogP contribution in [0.15, 0.2) is 40.2 Å². The first-order valence-corrected chi connectivity index (χ1v) is 9.14. The smallest absolute Gasteiger partial charge is 0.277 e. The van der Waals surface area contributed by atoms with Crippen LogP contribution in [-0.2, 0) is 11.3 Å². The lowest BCUT2D eigenvalue weighted by Crippen LogP contribution is -2.09. The van der Waals surface area contributed by atoms with Gasteiger partial charge in [0.1, 0.15) is 0 Å². The minimum absolute atomic E-state index is 0.0374. The van der Waals surface area contributed by atoms with Gasteiger partial charge in [0.2, 0.25) is 5.89 Å². The predicted molar refractivity (Wildman–Crippen MR) is 98.4 cm³/mol. The molecule has 0 aliphatic carbocycles. The van der Waals surface area contributed by atoms with Crippen molar-refractivity contribution in [2.24, 2.45) is 0 Å². The fourth-order valence-electron chi connectivity index (χ4n) is 2.69. The number of methoxy groups -OCH3 is 1. The molecule has 3 rings (SSSR count). The molecule has 0 N–H and O–H groups in total. The summed E-state index contributed by atoms with van der Waals surface area (Å²) in [6.45, 7) is 5.28. The summed E-state index contributed by atoms with van der Waals surface area (Å²) in [7, 11) is 1.67. The number of thioether (sulfide) groups is 1. The summed E-state index contributed by atoms with van der Waals surface area (Å²) in [6, 6.07) is 5.51. The van der Waals surface area contributed by atoms with Crippen LogP contribution in [-0.4, -0.2) is 45.0 Å². The van der Waals surface area contributed by atoms with Crippen LogP contribution in [0.2, 0.25) is 0 Å². The number of aryl methyl sites for hydroxylation is 1. The summed E-state index contributed by atoms with van der Waals surface area (Å²) < 4.78 is 12.8. The molecule has 0 aliphatic heterocycles. The van der Waals surface area contributed by atoms with Crippen LogP contribution >= 0.6 is 11.8 Å². The van der Waals surface area contributed by atoms with E-state index in [1.807, 2.05) is 19.9 Å². The zero-order valence-corrected chi connectivity index (χ0v) is 15.7. The third-order valence-corrected chi connectivity index (χ3v) is 4.87. The number of carbonyl (C=O) groups excluding carboxylic acids is 1. The minimum atomic E-state index is 0.0374. The number of nitrogens with zero attached hydrogens (tertiary/aromatic N) is 4. The molecule has 0 saturated carbocycles. The summed E-state index contributed by atoms with van der Waals surface area (Å²) in [5, 5.41) is 8.38. The fraction of sp³-hybridized carbons (Fsp3) is 0.333. The highest BCUT2D eigenvalue weighted by Gasteiger charge is 2.17. The van der Waals surface area contributed by atoms with Crippen molar-refractivity contribution in [3.63, 3.8) is 0 Å². The zero-order chi connectivity index (χ0) is 18.5. The normalized spacial score (nSPS) is 11.0. The van der Waals surface area contributed by atoms with E-state index < -0.39 is 0 Å². The van der Waals surface area contributed by atoms with E-state index in [2.05, 4.69) is 19.7 Å². The molecule has 3 aromatic heterocycles. The summed E-state index contributed by atoms with van der Waals surface area (Å²) in [4.78, 5) is 16.5. The second-order valence-corrected chi connectivity index (χ2v) is 6.68. The molecule has 0 amide bonds. The first-order chi connectivity index (χ1) is 12.6. The van der Waals surface area contributed by atoms with Gasteiger partial charge < -0.3 is 13.7 Å². The van der Waals surface area contributed by atoms with E-state index in [0.29, 0.717) is 17.7 Å². The average molecular weight is 372 g/mol. The number of rotatable bonds is 8. The van der Waals surface area contributed by atoms with Crippen molar-refractivity contribution in [2.75, 3.05) is 19.5 Å². The van der Waals surface area contributed by atoms with Gasteiger partial charge in [-0.25, -0.2) is 0 Å². The van der Waals surface area contributed by atoms with Gasteiger partial charge in [0, 0.05) is 48.6 Å². The van der Waals surface area contributed by atoms with Crippen molar-refractivity contribution in [1.29, 1.82) is 0 Å². The Balaban J connectivity index is 1.65. The number of Topliss-reactive ketones (excluding diaryl/α,β-unsaturated/α-hetero) is 1. The molecule has 0 bridgehead atoms. The molecular weight excluding hydrogens is 352 g/mol. The second kappa shape index (κ2) is 8.29. The molecule has 0 fully saturated rings. The molecule has 3 heterocycles. The number of pyridine rings is 1. The first-order valence-electron chi connectivity index (χ1n) is 8.15. The van der Waals surface area contributed by atoms with Crippen LogP contribution in [0.3, 0.4) is 0 Å². The molecule has 136 valence electrons. The molecule has 0 unspecified atom stereocenters. The molecule has 0 radical (unpaired) electrons. The van der Waals surface area contributed by atoms with E-state index in [4.69, 9.17) is 9.15 Å². The van der Waals surface area contributed by atoms with Gasteiger partial charge >= 0.3 is 0 Å². The standard InChI is InChI=1S/C18H20N4O3S/c1-12-10-15(13(2)22(12)8-9-24-3)16(23)11-26-18-21-20-17(25-18)14-4-6-19-7-5-14/h4-7,10H,8-9,11H2,1-3H3. The molecule has 0 saturated heterocycles. The molecule has 0 spiro atoms. The predicted octanol–water partition coefficient (Wildman–Crippen LogP) is 3.17. The lowest BCUT2D eigenvalue weighted by Gasteiger charge is -2.08. The van der Waals surface area contributed by atoms with E-state index in [1.54, 1.807) is 31.6 Å². The second-order valence-electron chi connectivity index (χ2n) is 5.75. The topological polar surface area (TPSA) is 83.0 Å². The molecule has 7 nitrogen and oxygen atoms in total. The van der Waals surface area contributed by atoms with Crippen molar-refractivity contribution >= 4 is 17.5 Å². The molecule has 8 heteroatoms. The number of ether oxygens (including phenoxy) is 1. The summed E-state index contributed by atoms with van der Waals surface area (Å²) in [5.41, 5.74) is 3.52. The Labute approximate surface area is 155 Å². The van der Waals surface area contributed by atoms with Crippen LogP contribution in [0.4, 0.5) is 0 Å². The molecule has 0 aliphatic rings. The van der Waals surface area contributed by atoms with Crippen LogP contribution < -0.4 is 0 Å². The van der Waals surface area contributed by atoms with Gasteiger partial charge in [0.15, 0.2) is 5.78 Å². The molecule has 3 aromatic rings. The van der Waals surface area contributed by atoms with Crippen molar-refractivity contribution < 1.29 is 13.9 Å². The van der Waals surface area contributed by atoms with E-state index in [-0.39, 0.29) is 11.5 Å². The van der Waals surface area contributed by atoms with Gasteiger partial charge in [0.25, 0.3) is 5.22 Å². The highest BCUT2D eigenvalue weighted by molar-refractivity contribution is 7.99. The Morgan fingerprint density at radius 2 is 2.04 bits per heavy atom. The third-order valence-electron chi connectivity index (χ3n) is 4.05. The summed E-state index contributed by atoms with van der Waals surface area (Å²) >= 11 is 1.24. The van der Waals surface area contributed by atoms with Crippen molar-refractivity contribution in [3.05, 3.63) is 47.5 Å². The number of carbonyl (C=O) groups is 1. The summed E-state index contributed by atoms with van der Waals surface area (Å²) in [6.07, 6.45) is 3.32. The highest BCUT2D eigenvalue weighted by Crippen LogP contribution is 2.24. The lowest BCUT2D eigenvalue weighted by molar-refractivity contribution is 0.102. The van der Waals surface area contributed by atoms with Gasteiger partial charge in [-0.3, -0.25) is 9.78 Å². The SMILES string of the molecule is COCCn1c(C)cc(C(=O)CSc2nnc(-c3ccncc3)o2)c1C. The molecule has 0 aromatic carbocycles. The van der Waals surface area contributed by atoms with Gasteiger partial charge in [-0.05, 0) is 32.0 Å². The number of ketones is 1. The lowest BCUT2D eigenvalue weighted by atomic mass is 10.2. The highest BCUT2D eigenvalue weighted by atomic mass is 32.2.